The van der Waals surface area contributed by atoms with Crippen LogP contribution in [0.4, 0.5) is 4.79 Å². The molecule has 2 saturated heterocycles. The molecule has 3 rings (SSSR count). The predicted octanol–water partition coefficient (Wildman–Crippen LogP) is 2.91. The lowest BCUT2D eigenvalue weighted by Gasteiger charge is -2.37. The molecule has 1 amide bonds. The molecule has 0 aromatic heterocycles. The molecule has 0 unspecified atom stereocenters. The zero-order valence-electron chi connectivity index (χ0n) is 18.4. The Morgan fingerprint density at radius 3 is 2.53 bits per heavy atom. The highest BCUT2D eigenvalue weighted by atomic mass is 16.6. The van der Waals surface area contributed by atoms with Gasteiger partial charge in [-0.2, -0.15) is 0 Å². The van der Waals surface area contributed by atoms with Crippen LogP contribution in [0, 0.1) is 0 Å². The first-order valence-corrected chi connectivity index (χ1v) is 11.3. The topological polar surface area (TPSA) is 75.2 Å². The van der Waals surface area contributed by atoms with Gasteiger partial charge >= 0.3 is 6.09 Å². The number of hydrogen-bond acceptors (Lipinski definition) is 4. The van der Waals surface area contributed by atoms with Gasteiger partial charge in [-0.25, -0.2) is 4.79 Å². The average molecular weight is 417 g/mol. The molecule has 2 N–H and O–H groups in total. The minimum Gasteiger partial charge on any atom is -0.450 e. The number of nitrogens with zero attached hydrogens (tertiary/aromatic N) is 2. The number of benzene rings is 1. The molecule has 0 spiro atoms. The summed E-state index contributed by atoms with van der Waals surface area (Å²) in [6.07, 6.45) is 3.54. The van der Waals surface area contributed by atoms with Gasteiger partial charge in [0.25, 0.3) is 0 Å². The Bertz CT molecular complexity index is 681. The third-order valence-corrected chi connectivity index (χ3v) is 6.08. The summed E-state index contributed by atoms with van der Waals surface area (Å²) in [5.74, 6) is 0.855. The van der Waals surface area contributed by atoms with Crippen LogP contribution < -0.4 is 10.6 Å². The third kappa shape index (κ3) is 5.88. The van der Waals surface area contributed by atoms with E-state index in [4.69, 9.17) is 14.5 Å². The molecule has 0 saturated carbocycles. The quantitative estimate of drug-likeness (QED) is 0.551. The van der Waals surface area contributed by atoms with Crippen molar-refractivity contribution in [2.24, 2.45) is 4.99 Å². The van der Waals surface area contributed by atoms with E-state index in [1.807, 2.05) is 6.92 Å². The Morgan fingerprint density at radius 1 is 1.20 bits per heavy atom. The largest absolute Gasteiger partial charge is 0.450 e. The van der Waals surface area contributed by atoms with Gasteiger partial charge in [-0.1, -0.05) is 30.3 Å². The first kappa shape index (κ1) is 22.4. The van der Waals surface area contributed by atoms with Gasteiger partial charge in [0.1, 0.15) is 0 Å². The van der Waals surface area contributed by atoms with Crippen molar-refractivity contribution in [2.75, 3.05) is 46.0 Å². The molecular formula is C23H36N4O3. The molecule has 1 aromatic rings. The molecular weight excluding hydrogens is 380 g/mol. The van der Waals surface area contributed by atoms with Crippen LogP contribution >= 0.6 is 0 Å². The van der Waals surface area contributed by atoms with Crippen LogP contribution in [0.5, 0.6) is 0 Å². The Kier molecular flexibility index (Phi) is 8.37. The molecule has 166 valence electrons. The lowest BCUT2D eigenvalue weighted by molar-refractivity contribution is 0.0530. The van der Waals surface area contributed by atoms with E-state index in [9.17, 15) is 4.79 Å². The van der Waals surface area contributed by atoms with Gasteiger partial charge in [0, 0.05) is 44.3 Å². The van der Waals surface area contributed by atoms with E-state index in [2.05, 4.69) is 47.9 Å². The van der Waals surface area contributed by atoms with E-state index in [0.29, 0.717) is 25.7 Å². The van der Waals surface area contributed by atoms with Crippen LogP contribution in [0.25, 0.3) is 0 Å². The molecule has 0 aliphatic carbocycles. The number of carbonyl (C=O) groups excluding carboxylic acids is 1. The van der Waals surface area contributed by atoms with Gasteiger partial charge in [-0.3, -0.25) is 4.99 Å². The van der Waals surface area contributed by atoms with E-state index in [0.717, 1.165) is 57.9 Å². The third-order valence-electron chi connectivity index (χ3n) is 6.08. The summed E-state index contributed by atoms with van der Waals surface area (Å²) in [5.41, 5.74) is 1.37. The molecule has 30 heavy (non-hydrogen) atoms. The van der Waals surface area contributed by atoms with E-state index in [-0.39, 0.29) is 11.5 Å². The number of likely N-dealkylation sites (tertiary alicyclic amines) is 1. The van der Waals surface area contributed by atoms with Gasteiger partial charge in [0.2, 0.25) is 0 Å². The molecule has 2 fully saturated rings. The van der Waals surface area contributed by atoms with Crippen LogP contribution in [-0.4, -0.2) is 69.0 Å². The van der Waals surface area contributed by atoms with Crippen LogP contribution in [0.3, 0.4) is 0 Å². The number of hydrogen-bond donors (Lipinski definition) is 2. The van der Waals surface area contributed by atoms with Crippen molar-refractivity contribution in [1.29, 1.82) is 0 Å². The summed E-state index contributed by atoms with van der Waals surface area (Å²) < 4.78 is 10.8. The minimum absolute atomic E-state index is 0.0230. The molecule has 2 aliphatic rings. The number of amides is 1. The number of rotatable bonds is 6. The number of aliphatic imine (C=N–C) groups is 1. The second kappa shape index (κ2) is 11.2. The molecule has 2 aliphatic heterocycles. The lowest BCUT2D eigenvalue weighted by atomic mass is 9.74. The highest BCUT2D eigenvalue weighted by Crippen LogP contribution is 2.35. The van der Waals surface area contributed by atoms with Gasteiger partial charge in [0.15, 0.2) is 5.96 Å². The second-order valence-corrected chi connectivity index (χ2v) is 8.06. The minimum atomic E-state index is -0.208. The van der Waals surface area contributed by atoms with Crippen molar-refractivity contribution < 1.29 is 14.3 Å². The zero-order valence-corrected chi connectivity index (χ0v) is 18.4. The maximum Gasteiger partial charge on any atom is 0.409 e. The Morgan fingerprint density at radius 2 is 1.90 bits per heavy atom. The highest BCUT2D eigenvalue weighted by molar-refractivity contribution is 5.80. The van der Waals surface area contributed by atoms with Crippen molar-refractivity contribution in [3.63, 3.8) is 0 Å². The fraction of sp³-hybridized carbons (Fsp3) is 0.652. The first-order valence-electron chi connectivity index (χ1n) is 11.3. The van der Waals surface area contributed by atoms with Crippen molar-refractivity contribution in [3.05, 3.63) is 35.9 Å². The molecule has 0 bridgehead atoms. The Balaban J connectivity index is 1.63. The maximum atomic E-state index is 11.9. The molecule has 7 heteroatoms. The highest BCUT2D eigenvalue weighted by Gasteiger charge is 2.34. The van der Waals surface area contributed by atoms with Crippen molar-refractivity contribution in [1.82, 2.24) is 15.5 Å². The molecule has 2 heterocycles. The van der Waals surface area contributed by atoms with E-state index >= 15 is 0 Å². The average Bonchev–Trinajstić information content (AvgIpc) is 2.79. The number of nitrogens with one attached hydrogen (secondary N) is 2. The van der Waals surface area contributed by atoms with Crippen molar-refractivity contribution in [2.45, 2.75) is 51.0 Å². The molecule has 0 atom stereocenters. The zero-order chi connectivity index (χ0) is 21.2. The first-order chi connectivity index (χ1) is 14.7. The van der Waals surface area contributed by atoms with E-state index in [1.165, 1.54) is 5.56 Å². The molecule has 1 aromatic carbocycles. The van der Waals surface area contributed by atoms with Crippen molar-refractivity contribution >= 4 is 12.1 Å². The molecule has 7 nitrogen and oxygen atoms in total. The summed E-state index contributed by atoms with van der Waals surface area (Å²) in [4.78, 5) is 18.7. The van der Waals surface area contributed by atoms with Gasteiger partial charge in [-0.15, -0.1) is 0 Å². The van der Waals surface area contributed by atoms with E-state index in [1.54, 1.807) is 4.90 Å². The number of guanidine groups is 1. The normalized spacial score (nSPS) is 19.9. The number of carbonyl (C=O) groups is 1. The predicted molar refractivity (Wildman–Crippen MR) is 119 cm³/mol. The van der Waals surface area contributed by atoms with Crippen LogP contribution in [0.2, 0.25) is 0 Å². The van der Waals surface area contributed by atoms with Gasteiger partial charge < -0.3 is 25.0 Å². The lowest BCUT2D eigenvalue weighted by Crippen LogP contribution is -2.50. The number of piperidine rings is 1. The SMILES string of the molecule is CCNC(=NCC1(c2ccccc2)CCOCC1)NC1CCN(C(=O)OCC)CC1. The maximum absolute atomic E-state index is 11.9. The van der Waals surface area contributed by atoms with Crippen LogP contribution in [0.1, 0.15) is 45.1 Å². The monoisotopic (exact) mass is 416 g/mol. The fourth-order valence-electron chi connectivity index (χ4n) is 4.26. The van der Waals surface area contributed by atoms with Crippen LogP contribution in [0.15, 0.2) is 35.3 Å². The summed E-state index contributed by atoms with van der Waals surface area (Å²) >= 11 is 0. The van der Waals surface area contributed by atoms with Crippen molar-refractivity contribution in [3.8, 4) is 0 Å². The van der Waals surface area contributed by atoms with Gasteiger partial charge in [-0.05, 0) is 45.1 Å². The summed E-state index contributed by atoms with van der Waals surface area (Å²) in [6, 6.07) is 11.0. The summed E-state index contributed by atoms with van der Waals surface area (Å²) in [5, 5.41) is 6.98. The summed E-state index contributed by atoms with van der Waals surface area (Å²) in [6.45, 7) is 8.87. The fourth-order valence-corrected chi connectivity index (χ4v) is 4.26. The number of ether oxygens (including phenoxy) is 2. The van der Waals surface area contributed by atoms with Gasteiger partial charge in [0.05, 0.1) is 13.2 Å². The Labute approximate surface area is 180 Å². The van der Waals surface area contributed by atoms with Crippen LogP contribution in [-0.2, 0) is 14.9 Å². The second-order valence-electron chi connectivity index (χ2n) is 8.06. The standard InChI is InChI=1S/C23H36N4O3/c1-3-24-21(26-20-10-14-27(15-11-20)22(28)30-4-2)25-18-23(12-16-29-17-13-23)19-8-6-5-7-9-19/h5-9,20H,3-4,10-18H2,1-2H3,(H2,24,25,26). The van der Waals surface area contributed by atoms with E-state index < -0.39 is 0 Å². The summed E-state index contributed by atoms with van der Waals surface area (Å²) in [7, 11) is 0. The molecule has 0 radical (unpaired) electrons. The smallest absolute Gasteiger partial charge is 0.409 e. The Hall–Kier alpha value is -2.28.